The number of phenols is 1. The average Bonchev–Trinajstić information content (AvgIpc) is 2.40. The van der Waals surface area contributed by atoms with Crippen LogP contribution in [0, 0.1) is 0 Å². The molecule has 0 saturated heterocycles. The first-order valence-electron chi connectivity index (χ1n) is 6.26. The minimum absolute atomic E-state index is 0.00867. The van der Waals surface area contributed by atoms with Crippen molar-refractivity contribution in [2.24, 2.45) is 5.73 Å². The number of aromatic hydroxyl groups is 1. The predicted octanol–water partition coefficient (Wildman–Crippen LogP) is 0.505. The SMILES string of the molecule is COC(=O)C(N)Cc1cc(CN(C)C)cc(OC)c1O. The highest BCUT2D eigenvalue weighted by Gasteiger charge is 2.19. The van der Waals surface area contributed by atoms with Crippen molar-refractivity contribution in [3.8, 4) is 11.5 Å². The van der Waals surface area contributed by atoms with E-state index >= 15 is 0 Å². The number of phenolic OH excluding ortho intramolecular Hbond substituents is 1. The summed E-state index contributed by atoms with van der Waals surface area (Å²) in [4.78, 5) is 13.4. The summed E-state index contributed by atoms with van der Waals surface area (Å²) >= 11 is 0. The van der Waals surface area contributed by atoms with Crippen molar-refractivity contribution < 1.29 is 19.4 Å². The Morgan fingerprint density at radius 3 is 2.55 bits per heavy atom. The summed E-state index contributed by atoms with van der Waals surface area (Å²) < 4.78 is 9.74. The van der Waals surface area contributed by atoms with Gasteiger partial charge in [0.2, 0.25) is 0 Å². The molecule has 0 saturated carbocycles. The third kappa shape index (κ3) is 4.11. The zero-order valence-electron chi connectivity index (χ0n) is 12.3. The number of carbonyl (C=O) groups excluding carboxylic acids is 1. The van der Waals surface area contributed by atoms with Crippen molar-refractivity contribution >= 4 is 5.97 Å². The molecule has 0 heterocycles. The summed E-state index contributed by atoms with van der Waals surface area (Å²) in [5.74, 6) is -0.132. The monoisotopic (exact) mass is 282 g/mol. The number of rotatable bonds is 6. The summed E-state index contributed by atoms with van der Waals surface area (Å²) in [5, 5.41) is 10.1. The molecule has 1 aromatic carbocycles. The van der Waals surface area contributed by atoms with Gasteiger partial charge in [-0.2, -0.15) is 0 Å². The van der Waals surface area contributed by atoms with E-state index in [1.807, 2.05) is 25.1 Å². The molecule has 0 aliphatic heterocycles. The lowest BCUT2D eigenvalue weighted by molar-refractivity contribution is -0.142. The Kier molecular flexibility index (Phi) is 5.79. The Balaban J connectivity index is 3.07. The second-order valence-electron chi connectivity index (χ2n) is 4.88. The molecule has 0 radical (unpaired) electrons. The molecule has 3 N–H and O–H groups in total. The third-order valence-electron chi connectivity index (χ3n) is 2.88. The van der Waals surface area contributed by atoms with Gasteiger partial charge in [0, 0.05) is 18.5 Å². The predicted molar refractivity (Wildman–Crippen MR) is 75.7 cm³/mol. The Morgan fingerprint density at radius 1 is 1.40 bits per heavy atom. The summed E-state index contributed by atoms with van der Waals surface area (Å²) in [6.45, 7) is 0.692. The van der Waals surface area contributed by atoms with Crippen LogP contribution in [-0.2, 0) is 22.5 Å². The van der Waals surface area contributed by atoms with Crippen LogP contribution in [0.1, 0.15) is 11.1 Å². The van der Waals surface area contributed by atoms with Gasteiger partial charge in [0.25, 0.3) is 0 Å². The smallest absolute Gasteiger partial charge is 0.322 e. The molecule has 0 aliphatic carbocycles. The Bertz CT molecular complexity index is 474. The van der Waals surface area contributed by atoms with Gasteiger partial charge in [0.1, 0.15) is 6.04 Å². The second kappa shape index (κ2) is 7.12. The molecule has 1 atom stereocenters. The molecule has 1 rings (SSSR count). The summed E-state index contributed by atoms with van der Waals surface area (Å²) in [5.41, 5.74) is 7.27. The Labute approximate surface area is 119 Å². The number of methoxy groups -OCH3 is 2. The lowest BCUT2D eigenvalue weighted by Crippen LogP contribution is -2.33. The van der Waals surface area contributed by atoms with Crippen LogP contribution in [-0.4, -0.2) is 50.3 Å². The number of hydrogen-bond donors (Lipinski definition) is 2. The van der Waals surface area contributed by atoms with Crippen LogP contribution in [0.4, 0.5) is 0 Å². The number of ether oxygens (including phenoxy) is 2. The highest BCUT2D eigenvalue weighted by atomic mass is 16.5. The molecule has 0 fully saturated rings. The van der Waals surface area contributed by atoms with E-state index in [0.29, 0.717) is 17.9 Å². The first-order valence-corrected chi connectivity index (χ1v) is 6.26. The van der Waals surface area contributed by atoms with Gasteiger partial charge in [-0.3, -0.25) is 4.79 Å². The largest absolute Gasteiger partial charge is 0.504 e. The molecule has 0 spiro atoms. The maximum atomic E-state index is 11.4. The first kappa shape index (κ1) is 16.3. The lowest BCUT2D eigenvalue weighted by Gasteiger charge is -2.16. The van der Waals surface area contributed by atoms with Gasteiger partial charge in [-0.15, -0.1) is 0 Å². The van der Waals surface area contributed by atoms with Gasteiger partial charge in [-0.25, -0.2) is 0 Å². The zero-order valence-corrected chi connectivity index (χ0v) is 12.3. The molecular weight excluding hydrogens is 260 g/mol. The number of nitrogens with zero attached hydrogens (tertiary/aromatic N) is 1. The Morgan fingerprint density at radius 2 is 2.05 bits per heavy atom. The molecule has 1 unspecified atom stereocenters. The molecule has 112 valence electrons. The van der Waals surface area contributed by atoms with Gasteiger partial charge >= 0.3 is 5.97 Å². The van der Waals surface area contributed by atoms with Crippen molar-refractivity contribution in [2.45, 2.75) is 19.0 Å². The third-order valence-corrected chi connectivity index (χ3v) is 2.88. The van der Waals surface area contributed by atoms with Crippen molar-refractivity contribution in [3.63, 3.8) is 0 Å². The molecule has 6 heteroatoms. The van der Waals surface area contributed by atoms with Crippen molar-refractivity contribution in [3.05, 3.63) is 23.3 Å². The maximum absolute atomic E-state index is 11.4. The van der Waals surface area contributed by atoms with Crippen molar-refractivity contribution in [1.82, 2.24) is 4.90 Å². The Hall–Kier alpha value is -1.79. The highest BCUT2D eigenvalue weighted by molar-refractivity contribution is 5.76. The standard InChI is InChI=1S/C14H22N2O4/c1-16(2)8-9-5-10(7-11(15)14(18)20-4)13(17)12(6-9)19-3/h5-6,11,17H,7-8,15H2,1-4H3. The van der Waals surface area contributed by atoms with Crippen LogP contribution in [0.25, 0.3) is 0 Å². The molecule has 0 aromatic heterocycles. The van der Waals surface area contributed by atoms with Crippen LogP contribution in [0.3, 0.4) is 0 Å². The van der Waals surface area contributed by atoms with E-state index in [1.165, 1.54) is 14.2 Å². The quantitative estimate of drug-likeness (QED) is 0.739. The topological polar surface area (TPSA) is 85.0 Å². The molecule has 0 bridgehead atoms. The number of nitrogens with two attached hydrogens (primary N) is 1. The van der Waals surface area contributed by atoms with E-state index in [-0.39, 0.29) is 12.2 Å². The minimum atomic E-state index is -0.815. The maximum Gasteiger partial charge on any atom is 0.322 e. The van der Waals surface area contributed by atoms with E-state index in [1.54, 1.807) is 6.07 Å². The second-order valence-corrected chi connectivity index (χ2v) is 4.88. The van der Waals surface area contributed by atoms with Crippen molar-refractivity contribution in [1.29, 1.82) is 0 Å². The van der Waals surface area contributed by atoms with E-state index in [0.717, 1.165) is 5.56 Å². The summed E-state index contributed by atoms with van der Waals surface area (Å²) in [6.07, 6.45) is 0.191. The molecule has 1 aromatic rings. The van der Waals surface area contributed by atoms with Gasteiger partial charge in [0.15, 0.2) is 11.5 Å². The lowest BCUT2D eigenvalue weighted by atomic mass is 10.0. The molecule has 20 heavy (non-hydrogen) atoms. The van der Waals surface area contributed by atoms with E-state index in [9.17, 15) is 9.90 Å². The molecule has 6 nitrogen and oxygen atoms in total. The van der Waals surface area contributed by atoms with Gasteiger partial charge in [-0.1, -0.05) is 6.07 Å². The van der Waals surface area contributed by atoms with Crippen LogP contribution in [0.2, 0.25) is 0 Å². The summed E-state index contributed by atoms with van der Waals surface area (Å²) in [6, 6.07) is 2.77. The van der Waals surface area contributed by atoms with Crippen LogP contribution in [0.15, 0.2) is 12.1 Å². The van der Waals surface area contributed by atoms with Crippen LogP contribution in [0.5, 0.6) is 11.5 Å². The fraction of sp³-hybridized carbons (Fsp3) is 0.500. The molecule has 0 amide bonds. The minimum Gasteiger partial charge on any atom is -0.504 e. The summed E-state index contributed by atoms with van der Waals surface area (Å²) in [7, 11) is 6.65. The van der Waals surface area contributed by atoms with E-state index < -0.39 is 12.0 Å². The van der Waals surface area contributed by atoms with E-state index in [2.05, 4.69) is 4.74 Å². The van der Waals surface area contributed by atoms with Gasteiger partial charge in [0.05, 0.1) is 14.2 Å². The zero-order chi connectivity index (χ0) is 15.3. The van der Waals surface area contributed by atoms with Crippen LogP contribution >= 0.6 is 0 Å². The van der Waals surface area contributed by atoms with Gasteiger partial charge < -0.3 is 25.2 Å². The number of carbonyl (C=O) groups is 1. The molecular formula is C14H22N2O4. The number of hydrogen-bond acceptors (Lipinski definition) is 6. The fourth-order valence-corrected chi connectivity index (χ4v) is 1.97. The average molecular weight is 282 g/mol. The number of esters is 1. The van der Waals surface area contributed by atoms with Crippen LogP contribution < -0.4 is 10.5 Å². The van der Waals surface area contributed by atoms with Gasteiger partial charge in [-0.05, 0) is 25.7 Å². The number of benzene rings is 1. The highest BCUT2D eigenvalue weighted by Crippen LogP contribution is 2.32. The normalized spacial score (nSPS) is 12.3. The fourth-order valence-electron chi connectivity index (χ4n) is 1.97. The van der Waals surface area contributed by atoms with E-state index in [4.69, 9.17) is 10.5 Å². The van der Waals surface area contributed by atoms with Crippen molar-refractivity contribution in [2.75, 3.05) is 28.3 Å². The first-order chi connectivity index (χ1) is 9.38. The molecule has 0 aliphatic rings.